The molecule has 1 saturated heterocycles. The highest BCUT2D eigenvalue weighted by Crippen LogP contribution is 2.34. The minimum atomic E-state index is -1.58. The average Bonchev–Trinajstić information content (AvgIpc) is 2.79. The molecule has 3 atom stereocenters. The van der Waals surface area contributed by atoms with Gasteiger partial charge in [-0.3, -0.25) is 10.1 Å². The quantitative estimate of drug-likeness (QED) is 0.384. The van der Waals surface area contributed by atoms with Gasteiger partial charge in [-0.15, -0.1) is 0 Å². The van der Waals surface area contributed by atoms with Gasteiger partial charge in [0.15, 0.2) is 0 Å². The smallest absolute Gasteiger partial charge is 0.410 e. The van der Waals surface area contributed by atoms with E-state index in [9.17, 15) is 19.1 Å². The van der Waals surface area contributed by atoms with Crippen molar-refractivity contribution in [3.05, 3.63) is 70.3 Å². The van der Waals surface area contributed by atoms with Crippen molar-refractivity contribution in [2.24, 2.45) is 0 Å². The van der Waals surface area contributed by atoms with E-state index in [1.54, 1.807) is 25.7 Å². The van der Waals surface area contributed by atoms with E-state index in [-0.39, 0.29) is 4.92 Å². The summed E-state index contributed by atoms with van der Waals surface area (Å²) in [6.07, 6.45) is 0.773. The fourth-order valence-electron chi connectivity index (χ4n) is 4.67. The van der Waals surface area contributed by atoms with Gasteiger partial charge in [0.1, 0.15) is 11.1 Å². The molecule has 1 aliphatic heterocycles. The van der Waals surface area contributed by atoms with Gasteiger partial charge in [-0.1, -0.05) is 54.6 Å². The number of benzene rings is 2. The highest BCUT2D eigenvalue weighted by atomic mass is 32.2. The van der Waals surface area contributed by atoms with Crippen molar-refractivity contribution < 1.29 is 18.7 Å². The SMILES string of the molecule is CC(C)(C)OC(=O)N1CCC[C@](C[N+](=O)[O-])(N[S@](=O)C(C)(C)C)[C@@H]1Cc1cccc(-c2ccccc2)c1. The molecule has 0 unspecified atom stereocenters. The summed E-state index contributed by atoms with van der Waals surface area (Å²) in [5.74, 6) is 0. The molecular formula is C28H39N3O5S. The zero-order chi connectivity index (χ0) is 27.4. The lowest BCUT2D eigenvalue weighted by Gasteiger charge is -2.48. The second-order valence-electron chi connectivity index (χ2n) is 11.7. The molecule has 3 rings (SSSR count). The number of amides is 1. The molecule has 1 amide bonds. The Hall–Kier alpha value is -2.78. The molecule has 37 heavy (non-hydrogen) atoms. The number of ether oxygens (including phenoxy) is 1. The maximum Gasteiger partial charge on any atom is 0.410 e. The first kappa shape index (κ1) is 28.8. The molecule has 1 fully saturated rings. The van der Waals surface area contributed by atoms with Gasteiger partial charge >= 0.3 is 6.09 Å². The second-order valence-corrected chi connectivity index (χ2v) is 13.7. The van der Waals surface area contributed by atoms with Crippen LogP contribution in [0.15, 0.2) is 54.6 Å². The van der Waals surface area contributed by atoms with E-state index in [0.717, 1.165) is 16.7 Å². The highest BCUT2D eigenvalue weighted by Gasteiger charge is 2.52. The van der Waals surface area contributed by atoms with E-state index in [4.69, 9.17) is 4.74 Å². The van der Waals surface area contributed by atoms with Crippen LogP contribution in [-0.2, 0) is 22.1 Å². The molecule has 9 heteroatoms. The summed E-state index contributed by atoms with van der Waals surface area (Å²) in [5, 5.41) is 12.0. The maximum absolute atomic E-state index is 13.4. The minimum Gasteiger partial charge on any atom is -0.444 e. The predicted octanol–water partition coefficient (Wildman–Crippen LogP) is 5.36. The standard InChI is InChI=1S/C28H39N3O5S/c1-26(2,3)36-25(32)30-17-11-16-28(20-31(33)34,29-37(35)27(4,5)6)24(30)19-21-12-10-15-23(18-21)22-13-8-7-9-14-22/h7-10,12-15,18,24,29H,11,16-17,19-20H2,1-6H3/t24-,28+,37+/m0/s1. The third-order valence-electron chi connectivity index (χ3n) is 6.39. The molecular weight excluding hydrogens is 490 g/mol. The molecule has 1 heterocycles. The number of carbonyl (C=O) groups is 1. The zero-order valence-electron chi connectivity index (χ0n) is 22.7. The van der Waals surface area contributed by atoms with E-state index in [1.165, 1.54) is 0 Å². The maximum atomic E-state index is 13.4. The van der Waals surface area contributed by atoms with Gasteiger partial charge < -0.3 is 9.64 Å². The highest BCUT2D eigenvalue weighted by molar-refractivity contribution is 7.84. The third kappa shape index (κ3) is 7.61. The van der Waals surface area contributed by atoms with Crippen LogP contribution < -0.4 is 4.72 Å². The van der Waals surface area contributed by atoms with Crippen molar-refractivity contribution in [3.8, 4) is 11.1 Å². The normalized spacial score (nSPS) is 21.4. The summed E-state index contributed by atoms with van der Waals surface area (Å²) >= 11 is 0. The summed E-state index contributed by atoms with van der Waals surface area (Å²) in [7, 11) is -1.58. The number of nitrogens with zero attached hydrogens (tertiary/aromatic N) is 2. The minimum absolute atomic E-state index is 0.349. The Labute approximate surface area is 222 Å². The first-order chi connectivity index (χ1) is 17.2. The summed E-state index contributed by atoms with van der Waals surface area (Å²) in [5.41, 5.74) is 1.08. The average molecular weight is 530 g/mol. The summed E-state index contributed by atoms with van der Waals surface area (Å²) in [6, 6.07) is 17.3. The van der Waals surface area contributed by atoms with E-state index in [1.807, 2.05) is 69.3 Å². The molecule has 2 aromatic rings. The van der Waals surface area contributed by atoms with Crippen LogP contribution in [0.1, 0.15) is 59.9 Å². The van der Waals surface area contributed by atoms with Crippen LogP contribution in [-0.4, -0.2) is 55.1 Å². The number of hydrogen-bond acceptors (Lipinski definition) is 5. The molecule has 1 N–H and O–H groups in total. The molecule has 0 aromatic heterocycles. The zero-order valence-corrected chi connectivity index (χ0v) is 23.5. The number of hydrogen-bond donors (Lipinski definition) is 1. The molecule has 2 aromatic carbocycles. The second kappa shape index (κ2) is 11.3. The summed E-state index contributed by atoms with van der Waals surface area (Å²) in [6.45, 7) is 10.8. The van der Waals surface area contributed by atoms with Crippen molar-refractivity contribution in [1.29, 1.82) is 0 Å². The van der Waals surface area contributed by atoms with Crippen molar-refractivity contribution in [1.82, 2.24) is 9.62 Å². The van der Waals surface area contributed by atoms with Crippen molar-refractivity contribution >= 4 is 17.1 Å². The molecule has 0 spiro atoms. The lowest BCUT2D eigenvalue weighted by molar-refractivity contribution is -0.492. The molecule has 0 radical (unpaired) electrons. The lowest BCUT2D eigenvalue weighted by atomic mass is 9.78. The molecule has 202 valence electrons. The number of nitro groups is 1. The van der Waals surface area contributed by atoms with Gasteiger partial charge in [0, 0.05) is 11.5 Å². The summed E-state index contributed by atoms with van der Waals surface area (Å²) < 4.78 is 21.5. The van der Waals surface area contributed by atoms with Crippen LogP contribution in [0.5, 0.6) is 0 Å². The Morgan fingerprint density at radius 2 is 1.76 bits per heavy atom. The number of piperidine rings is 1. The fraction of sp³-hybridized carbons (Fsp3) is 0.536. The number of carbonyl (C=O) groups excluding carboxylic acids is 1. The van der Waals surface area contributed by atoms with Crippen LogP contribution in [0.25, 0.3) is 11.1 Å². The Kier molecular flexibility index (Phi) is 8.80. The van der Waals surface area contributed by atoms with Crippen LogP contribution >= 0.6 is 0 Å². The Morgan fingerprint density at radius 1 is 1.11 bits per heavy atom. The fourth-order valence-corrected chi connectivity index (χ4v) is 5.64. The van der Waals surface area contributed by atoms with Gasteiger partial charge in [-0.05, 0) is 77.5 Å². The first-order valence-corrected chi connectivity index (χ1v) is 13.8. The number of nitrogens with one attached hydrogen (secondary N) is 1. The predicted molar refractivity (Wildman–Crippen MR) is 147 cm³/mol. The first-order valence-electron chi connectivity index (χ1n) is 12.7. The number of likely N-dealkylation sites (tertiary alicyclic amines) is 1. The van der Waals surface area contributed by atoms with Crippen LogP contribution in [0.4, 0.5) is 4.79 Å². The van der Waals surface area contributed by atoms with E-state index in [0.29, 0.717) is 25.8 Å². The topological polar surface area (TPSA) is 102 Å². The lowest BCUT2D eigenvalue weighted by Crippen LogP contribution is -2.69. The largest absolute Gasteiger partial charge is 0.444 e. The van der Waals surface area contributed by atoms with E-state index < -0.39 is 45.6 Å². The van der Waals surface area contributed by atoms with E-state index in [2.05, 4.69) is 10.8 Å². The molecule has 0 bridgehead atoms. The van der Waals surface area contributed by atoms with Crippen LogP contribution in [0.2, 0.25) is 0 Å². The molecule has 0 aliphatic carbocycles. The van der Waals surface area contributed by atoms with E-state index >= 15 is 0 Å². The Balaban J connectivity index is 2.08. The third-order valence-corrected chi connectivity index (χ3v) is 8.09. The molecule has 0 saturated carbocycles. The van der Waals surface area contributed by atoms with Crippen molar-refractivity contribution in [2.45, 2.75) is 82.7 Å². The molecule has 1 aliphatic rings. The van der Waals surface area contributed by atoms with Gasteiger partial charge in [-0.25, -0.2) is 13.7 Å². The molecule has 8 nitrogen and oxygen atoms in total. The Morgan fingerprint density at radius 3 is 2.35 bits per heavy atom. The Bertz CT molecular complexity index is 1130. The monoisotopic (exact) mass is 529 g/mol. The summed E-state index contributed by atoms with van der Waals surface area (Å²) in [4.78, 5) is 26.6. The van der Waals surface area contributed by atoms with Gasteiger partial charge in [0.2, 0.25) is 6.54 Å². The van der Waals surface area contributed by atoms with Crippen molar-refractivity contribution in [2.75, 3.05) is 13.1 Å². The van der Waals surface area contributed by atoms with Crippen LogP contribution in [0.3, 0.4) is 0 Å². The van der Waals surface area contributed by atoms with Crippen molar-refractivity contribution in [3.63, 3.8) is 0 Å². The van der Waals surface area contributed by atoms with Gasteiger partial charge in [-0.2, -0.15) is 0 Å². The number of rotatable bonds is 7. The van der Waals surface area contributed by atoms with Gasteiger partial charge in [0.25, 0.3) is 0 Å². The van der Waals surface area contributed by atoms with Crippen LogP contribution in [0, 0.1) is 10.1 Å². The van der Waals surface area contributed by atoms with Gasteiger partial charge in [0.05, 0.1) is 21.8 Å².